The second-order valence-corrected chi connectivity index (χ2v) is 6.96. The second kappa shape index (κ2) is 7.36. The highest BCUT2D eigenvalue weighted by atomic mass is 32.1. The first-order valence-corrected chi connectivity index (χ1v) is 8.69. The van der Waals surface area contributed by atoms with Crippen molar-refractivity contribution in [2.75, 3.05) is 21.2 Å². The van der Waals surface area contributed by atoms with Gasteiger partial charge in [-0.25, -0.2) is 9.79 Å². The fraction of sp³-hybridized carbons (Fsp3) is 0.278. The molecule has 0 amide bonds. The maximum absolute atomic E-state index is 12.2. The number of hydrogen-bond donors (Lipinski definition) is 2. The minimum absolute atomic E-state index is 0.179. The largest absolute Gasteiger partial charge is 0.465 e. The maximum atomic E-state index is 12.2. The van der Waals surface area contributed by atoms with Crippen molar-refractivity contribution in [3.05, 3.63) is 34.3 Å². The van der Waals surface area contributed by atoms with E-state index in [1.807, 2.05) is 14.1 Å². The number of aliphatic hydroxyl groups excluding tert-OH is 2. The van der Waals surface area contributed by atoms with Gasteiger partial charge in [0.05, 0.1) is 37.9 Å². The molecule has 7 nitrogen and oxygen atoms in total. The van der Waals surface area contributed by atoms with E-state index in [1.54, 1.807) is 29.6 Å². The second-order valence-electron chi connectivity index (χ2n) is 5.93. The third-order valence-corrected chi connectivity index (χ3v) is 5.15. The fourth-order valence-electron chi connectivity index (χ4n) is 2.68. The number of aromatic nitrogens is 1. The van der Waals surface area contributed by atoms with Crippen LogP contribution in [0.4, 0.5) is 5.69 Å². The number of carbonyl (C=O) groups is 1. The summed E-state index contributed by atoms with van der Waals surface area (Å²) in [4.78, 5) is 23.3. The zero-order valence-corrected chi connectivity index (χ0v) is 15.5. The Balaban J connectivity index is 2.35. The summed E-state index contributed by atoms with van der Waals surface area (Å²) < 4.78 is 5.73. The van der Waals surface area contributed by atoms with Gasteiger partial charge in [0.2, 0.25) is 0 Å². The quantitative estimate of drug-likeness (QED) is 0.405. The van der Waals surface area contributed by atoms with Gasteiger partial charge < -0.3 is 19.8 Å². The standard InChI is InChI=1S/C18H19N3O4S/c1-21(2)9-20-15-13-6-19-14-5-11(8-23)10(7-22)4-12(14)16(13)26-17(15)18(24)25-3/h4-6,9,22-23H,7-8H2,1-3H3. The molecule has 3 aromatic rings. The Morgan fingerprint density at radius 3 is 2.58 bits per heavy atom. The molecular formula is C18H19N3O4S. The van der Waals surface area contributed by atoms with Crippen LogP contribution in [0.3, 0.4) is 0 Å². The third kappa shape index (κ3) is 3.14. The molecule has 0 fully saturated rings. The first-order valence-electron chi connectivity index (χ1n) is 7.87. The number of carbonyl (C=O) groups excluding carboxylic acids is 1. The monoisotopic (exact) mass is 373 g/mol. The van der Waals surface area contributed by atoms with E-state index in [1.165, 1.54) is 18.4 Å². The lowest BCUT2D eigenvalue weighted by molar-refractivity contribution is 0.0607. The summed E-state index contributed by atoms with van der Waals surface area (Å²) in [5, 5.41) is 20.6. The summed E-state index contributed by atoms with van der Waals surface area (Å²) in [6, 6.07) is 3.55. The molecule has 1 aromatic carbocycles. The Morgan fingerprint density at radius 2 is 1.96 bits per heavy atom. The molecule has 2 N–H and O–H groups in total. The number of benzene rings is 1. The van der Waals surface area contributed by atoms with Crippen LogP contribution in [0.15, 0.2) is 23.3 Å². The number of thiophene rings is 1. The molecule has 0 atom stereocenters. The van der Waals surface area contributed by atoms with Gasteiger partial charge in [0.1, 0.15) is 4.88 Å². The first-order chi connectivity index (χ1) is 12.5. The van der Waals surface area contributed by atoms with E-state index in [9.17, 15) is 15.0 Å². The summed E-state index contributed by atoms with van der Waals surface area (Å²) in [5.74, 6) is -0.459. The predicted molar refractivity (Wildman–Crippen MR) is 102 cm³/mol. The number of aliphatic imine (C=N–C) groups is 1. The summed E-state index contributed by atoms with van der Waals surface area (Å²) in [7, 11) is 5.01. The molecule has 2 heterocycles. The molecule has 0 aliphatic heterocycles. The lowest BCUT2D eigenvalue weighted by Crippen LogP contribution is -2.07. The number of esters is 1. The Hall–Kier alpha value is -2.55. The molecule has 0 bridgehead atoms. The maximum Gasteiger partial charge on any atom is 0.350 e. The molecule has 0 aliphatic carbocycles. The number of rotatable bonds is 5. The first kappa shape index (κ1) is 18.2. The highest BCUT2D eigenvalue weighted by Crippen LogP contribution is 2.41. The van der Waals surface area contributed by atoms with Gasteiger partial charge in [0.25, 0.3) is 0 Å². The average molecular weight is 373 g/mol. The summed E-state index contributed by atoms with van der Waals surface area (Å²) >= 11 is 1.28. The van der Waals surface area contributed by atoms with Crippen LogP contribution in [-0.2, 0) is 18.0 Å². The normalized spacial score (nSPS) is 11.6. The zero-order valence-electron chi connectivity index (χ0n) is 14.7. The van der Waals surface area contributed by atoms with Gasteiger partial charge in [-0.15, -0.1) is 11.3 Å². The minimum atomic E-state index is -0.459. The van der Waals surface area contributed by atoms with Crippen LogP contribution in [0.2, 0.25) is 0 Å². The highest BCUT2D eigenvalue weighted by molar-refractivity contribution is 7.22. The Labute approximate surface area is 154 Å². The molecule has 0 unspecified atom stereocenters. The van der Waals surface area contributed by atoms with E-state index in [-0.39, 0.29) is 13.2 Å². The van der Waals surface area contributed by atoms with Crippen molar-refractivity contribution in [3.63, 3.8) is 0 Å². The number of hydrogen-bond acceptors (Lipinski definition) is 7. The predicted octanol–water partition coefficient (Wildman–Crippen LogP) is 2.44. The lowest BCUT2D eigenvalue weighted by atomic mass is 10.0. The number of fused-ring (bicyclic) bond motifs is 3. The van der Waals surface area contributed by atoms with Crippen LogP contribution in [0.5, 0.6) is 0 Å². The van der Waals surface area contributed by atoms with Gasteiger partial charge in [0, 0.05) is 35.8 Å². The molecule has 2 aromatic heterocycles. The van der Waals surface area contributed by atoms with E-state index >= 15 is 0 Å². The molecular weight excluding hydrogens is 354 g/mol. The molecule has 8 heteroatoms. The van der Waals surface area contributed by atoms with E-state index < -0.39 is 5.97 Å². The van der Waals surface area contributed by atoms with Crippen molar-refractivity contribution in [2.45, 2.75) is 13.2 Å². The van der Waals surface area contributed by atoms with Crippen LogP contribution in [0.1, 0.15) is 20.8 Å². The summed E-state index contributed by atoms with van der Waals surface area (Å²) in [5.41, 5.74) is 2.44. The van der Waals surface area contributed by atoms with Crippen molar-refractivity contribution in [3.8, 4) is 0 Å². The van der Waals surface area contributed by atoms with Crippen molar-refractivity contribution in [1.29, 1.82) is 0 Å². The highest BCUT2D eigenvalue weighted by Gasteiger charge is 2.21. The van der Waals surface area contributed by atoms with Crippen molar-refractivity contribution in [1.82, 2.24) is 9.88 Å². The van der Waals surface area contributed by atoms with Crippen molar-refractivity contribution >= 4 is 50.3 Å². The third-order valence-electron chi connectivity index (χ3n) is 3.94. The van der Waals surface area contributed by atoms with E-state index in [2.05, 4.69) is 9.98 Å². The van der Waals surface area contributed by atoms with Crippen LogP contribution < -0.4 is 0 Å². The number of methoxy groups -OCH3 is 1. The van der Waals surface area contributed by atoms with E-state index in [0.717, 1.165) is 15.5 Å². The van der Waals surface area contributed by atoms with E-state index in [0.29, 0.717) is 27.2 Å². The number of pyridine rings is 1. The van der Waals surface area contributed by atoms with Gasteiger partial charge in [-0.1, -0.05) is 0 Å². The molecule has 0 radical (unpaired) electrons. The zero-order chi connectivity index (χ0) is 18.8. The molecule has 0 saturated heterocycles. The smallest absolute Gasteiger partial charge is 0.350 e. The fourth-order valence-corrected chi connectivity index (χ4v) is 3.84. The molecule has 3 rings (SSSR count). The molecule has 0 saturated carbocycles. The topological polar surface area (TPSA) is 95.2 Å². The van der Waals surface area contributed by atoms with Crippen LogP contribution in [-0.4, -0.2) is 53.6 Å². The molecule has 26 heavy (non-hydrogen) atoms. The van der Waals surface area contributed by atoms with Gasteiger partial charge in [0.15, 0.2) is 0 Å². The molecule has 0 spiro atoms. The van der Waals surface area contributed by atoms with Gasteiger partial charge in [-0.3, -0.25) is 4.98 Å². The minimum Gasteiger partial charge on any atom is -0.465 e. The Bertz CT molecular complexity index is 1010. The number of aliphatic hydroxyl groups is 2. The van der Waals surface area contributed by atoms with Crippen molar-refractivity contribution in [2.24, 2.45) is 4.99 Å². The molecule has 0 aliphatic rings. The van der Waals surface area contributed by atoms with Gasteiger partial charge >= 0.3 is 5.97 Å². The Morgan fingerprint density at radius 1 is 1.27 bits per heavy atom. The van der Waals surface area contributed by atoms with Crippen LogP contribution >= 0.6 is 11.3 Å². The van der Waals surface area contributed by atoms with Crippen LogP contribution in [0.25, 0.3) is 21.0 Å². The summed E-state index contributed by atoms with van der Waals surface area (Å²) in [6.45, 7) is -0.370. The van der Waals surface area contributed by atoms with Gasteiger partial charge in [-0.05, 0) is 23.3 Å². The van der Waals surface area contributed by atoms with E-state index in [4.69, 9.17) is 4.74 Å². The lowest BCUT2D eigenvalue weighted by Gasteiger charge is -2.07. The van der Waals surface area contributed by atoms with Gasteiger partial charge in [-0.2, -0.15) is 0 Å². The van der Waals surface area contributed by atoms with Crippen LogP contribution in [0, 0.1) is 0 Å². The average Bonchev–Trinajstić information content (AvgIpc) is 3.03. The Kier molecular flexibility index (Phi) is 5.17. The SMILES string of the molecule is COC(=O)c1sc2c(cnc3cc(CO)c(CO)cc32)c1N=CN(C)C. The number of ether oxygens (including phenoxy) is 1. The number of nitrogens with zero attached hydrogens (tertiary/aromatic N) is 3. The molecule has 136 valence electrons. The summed E-state index contributed by atoms with van der Waals surface area (Å²) in [6.07, 6.45) is 3.29. The van der Waals surface area contributed by atoms with Crippen molar-refractivity contribution < 1.29 is 19.7 Å².